The van der Waals surface area contributed by atoms with Crippen LogP contribution in [0.4, 0.5) is 5.95 Å². The Labute approximate surface area is 135 Å². The SMILES string of the molecule is C=C1[C@H](COP(=O)(O)O)[C@@H](O)C[C@@H]1n1cnc2c(=O)[nH]c(N)nc21. The van der Waals surface area contributed by atoms with Crippen LogP contribution in [0, 0.1) is 5.92 Å². The summed E-state index contributed by atoms with van der Waals surface area (Å²) in [5.74, 6) is -0.737. The molecular weight excluding hydrogens is 341 g/mol. The summed E-state index contributed by atoms with van der Waals surface area (Å²) in [7, 11) is -4.65. The molecule has 2 aromatic heterocycles. The smallest absolute Gasteiger partial charge is 0.392 e. The van der Waals surface area contributed by atoms with E-state index in [-0.39, 0.29) is 30.1 Å². The van der Waals surface area contributed by atoms with Gasteiger partial charge in [0, 0.05) is 5.92 Å². The summed E-state index contributed by atoms with van der Waals surface area (Å²) in [6.45, 7) is 3.52. The summed E-state index contributed by atoms with van der Waals surface area (Å²) in [5.41, 5.74) is 5.90. The number of nitrogen functional groups attached to an aromatic ring is 1. The Balaban J connectivity index is 1.93. The number of aliphatic hydroxyl groups excluding tert-OH is 1. The summed E-state index contributed by atoms with van der Waals surface area (Å²) < 4.78 is 16.9. The maximum absolute atomic E-state index is 11.8. The fourth-order valence-corrected chi connectivity index (χ4v) is 3.25. The molecule has 0 aromatic carbocycles. The first-order valence-corrected chi connectivity index (χ1v) is 8.49. The number of phosphoric acid groups is 1. The molecule has 0 amide bonds. The lowest BCUT2D eigenvalue weighted by atomic mass is 10.0. The molecule has 1 saturated carbocycles. The molecule has 1 fully saturated rings. The lowest BCUT2D eigenvalue weighted by molar-refractivity contribution is 0.0944. The molecular formula is C12H16N5O6P. The van der Waals surface area contributed by atoms with E-state index >= 15 is 0 Å². The number of H-pyrrole nitrogens is 1. The van der Waals surface area contributed by atoms with Gasteiger partial charge in [0.25, 0.3) is 5.56 Å². The zero-order valence-corrected chi connectivity index (χ0v) is 13.3. The highest BCUT2D eigenvalue weighted by Gasteiger charge is 2.39. The van der Waals surface area contributed by atoms with Crippen molar-refractivity contribution in [1.29, 1.82) is 0 Å². The fourth-order valence-electron chi connectivity index (χ4n) is 2.90. The van der Waals surface area contributed by atoms with E-state index in [0.29, 0.717) is 5.57 Å². The molecule has 0 bridgehead atoms. The first kappa shape index (κ1) is 16.8. The molecule has 0 aliphatic heterocycles. The fraction of sp³-hybridized carbons (Fsp3) is 0.417. The number of aromatic amines is 1. The van der Waals surface area contributed by atoms with Crippen LogP contribution in [-0.4, -0.2) is 47.1 Å². The Morgan fingerprint density at radius 3 is 2.92 bits per heavy atom. The Morgan fingerprint density at radius 1 is 1.54 bits per heavy atom. The predicted molar refractivity (Wildman–Crippen MR) is 82.8 cm³/mol. The minimum absolute atomic E-state index is 0.0696. The molecule has 3 atom stereocenters. The number of anilines is 1. The van der Waals surface area contributed by atoms with Crippen molar-refractivity contribution < 1.29 is 24.0 Å². The van der Waals surface area contributed by atoms with Crippen LogP contribution in [0.3, 0.4) is 0 Å². The molecule has 0 radical (unpaired) electrons. The number of phosphoric ester groups is 1. The number of nitrogens with two attached hydrogens (primary N) is 1. The van der Waals surface area contributed by atoms with Crippen LogP contribution in [0.15, 0.2) is 23.3 Å². The number of nitrogens with zero attached hydrogens (tertiary/aromatic N) is 3. The maximum Gasteiger partial charge on any atom is 0.469 e. The minimum Gasteiger partial charge on any atom is -0.392 e. The summed E-state index contributed by atoms with van der Waals surface area (Å²) in [6.07, 6.45) is 0.695. The van der Waals surface area contributed by atoms with Gasteiger partial charge in [-0.2, -0.15) is 4.98 Å². The normalized spacial score (nSPS) is 24.8. The van der Waals surface area contributed by atoms with E-state index in [1.54, 1.807) is 4.57 Å². The van der Waals surface area contributed by atoms with Crippen molar-refractivity contribution in [2.45, 2.75) is 18.6 Å². The van der Waals surface area contributed by atoms with E-state index in [1.165, 1.54) is 6.33 Å². The predicted octanol–water partition coefficient (Wildman–Crippen LogP) is -0.711. The lowest BCUT2D eigenvalue weighted by Crippen LogP contribution is -2.19. The summed E-state index contributed by atoms with van der Waals surface area (Å²) >= 11 is 0. The molecule has 2 aromatic rings. The van der Waals surface area contributed by atoms with Crippen molar-refractivity contribution in [3.05, 3.63) is 28.8 Å². The van der Waals surface area contributed by atoms with Crippen LogP contribution in [0.5, 0.6) is 0 Å². The van der Waals surface area contributed by atoms with E-state index in [1.807, 2.05) is 0 Å². The molecule has 6 N–H and O–H groups in total. The van der Waals surface area contributed by atoms with Gasteiger partial charge < -0.3 is 25.2 Å². The second-order valence-corrected chi connectivity index (χ2v) is 6.80. The van der Waals surface area contributed by atoms with Gasteiger partial charge in [0.15, 0.2) is 11.2 Å². The molecule has 24 heavy (non-hydrogen) atoms. The van der Waals surface area contributed by atoms with Gasteiger partial charge in [0.05, 0.1) is 25.1 Å². The molecule has 2 heterocycles. The number of hydrogen-bond acceptors (Lipinski definition) is 7. The first-order valence-electron chi connectivity index (χ1n) is 6.96. The largest absolute Gasteiger partial charge is 0.469 e. The van der Waals surface area contributed by atoms with Crippen molar-refractivity contribution in [2.24, 2.45) is 5.92 Å². The maximum atomic E-state index is 11.8. The molecule has 130 valence electrons. The number of rotatable bonds is 4. The van der Waals surface area contributed by atoms with Crippen molar-refractivity contribution in [1.82, 2.24) is 19.5 Å². The number of fused-ring (bicyclic) bond motifs is 1. The van der Waals surface area contributed by atoms with Crippen LogP contribution >= 0.6 is 7.82 Å². The number of aromatic nitrogens is 4. The highest BCUT2D eigenvalue weighted by Crippen LogP contribution is 2.43. The van der Waals surface area contributed by atoms with Gasteiger partial charge in [-0.05, 0) is 12.0 Å². The van der Waals surface area contributed by atoms with Gasteiger partial charge in [-0.1, -0.05) is 6.58 Å². The zero-order valence-electron chi connectivity index (χ0n) is 12.4. The van der Waals surface area contributed by atoms with Gasteiger partial charge in [0.1, 0.15) is 0 Å². The zero-order chi connectivity index (χ0) is 17.6. The number of aliphatic hydroxyl groups is 1. The van der Waals surface area contributed by atoms with Crippen LogP contribution in [0.2, 0.25) is 0 Å². The minimum atomic E-state index is -4.65. The third kappa shape index (κ3) is 2.99. The molecule has 1 aliphatic rings. The Hall–Kier alpha value is -2.04. The van der Waals surface area contributed by atoms with E-state index in [4.69, 9.17) is 15.5 Å². The molecule has 1 aliphatic carbocycles. The molecule has 0 spiro atoms. The Bertz CT molecular complexity index is 901. The molecule has 11 nitrogen and oxygen atoms in total. The third-order valence-electron chi connectivity index (χ3n) is 4.04. The van der Waals surface area contributed by atoms with E-state index in [9.17, 15) is 14.5 Å². The second-order valence-electron chi connectivity index (χ2n) is 5.56. The highest BCUT2D eigenvalue weighted by atomic mass is 31.2. The van der Waals surface area contributed by atoms with E-state index in [2.05, 4.69) is 26.1 Å². The Morgan fingerprint density at radius 2 is 2.25 bits per heavy atom. The number of hydrogen-bond donors (Lipinski definition) is 5. The van der Waals surface area contributed by atoms with Crippen LogP contribution in [0.1, 0.15) is 12.5 Å². The van der Waals surface area contributed by atoms with Crippen LogP contribution in [0.25, 0.3) is 11.2 Å². The third-order valence-corrected chi connectivity index (χ3v) is 4.53. The standard InChI is InChI=1S/C12H16N5O6P/c1-5-6(3-23-24(20,21)22)8(18)2-7(5)17-4-14-9-10(17)15-12(13)16-11(9)19/h4,6-8,18H,1-3H2,(H2,20,21,22)(H3,13,15,16,19)/t6-,7-,8-/m0/s1. The molecule has 12 heteroatoms. The van der Waals surface area contributed by atoms with E-state index < -0.39 is 31.4 Å². The number of nitrogens with one attached hydrogen (secondary N) is 1. The molecule has 3 rings (SSSR count). The topological polar surface area (TPSA) is 177 Å². The first-order chi connectivity index (χ1) is 11.2. The van der Waals surface area contributed by atoms with Crippen LogP contribution in [-0.2, 0) is 9.09 Å². The summed E-state index contributed by atoms with van der Waals surface area (Å²) in [6, 6.07) is -0.455. The lowest BCUT2D eigenvalue weighted by Gasteiger charge is -2.17. The average molecular weight is 357 g/mol. The number of imidazole rings is 1. The van der Waals surface area contributed by atoms with Crippen molar-refractivity contribution in [2.75, 3.05) is 12.3 Å². The van der Waals surface area contributed by atoms with Gasteiger partial charge >= 0.3 is 7.82 Å². The van der Waals surface area contributed by atoms with Gasteiger partial charge in [0.2, 0.25) is 5.95 Å². The van der Waals surface area contributed by atoms with Crippen molar-refractivity contribution in [3.8, 4) is 0 Å². The van der Waals surface area contributed by atoms with Gasteiger partial charge in [-0.3, -0.25) is 14.3 Å². The molecule has 0 unspecified atom stereocenters. The van der Waals surface area contributed by atoms with Gasteiger partial charge in [-0.15, -0.1) is 0 Å². The highest BCUT2D eigenvalue weighted by molar-refractivity contribution is 7.46. The quantitative estimate of drug-likeness (QED) is 0.349. The molecule has 0 saturated heterocycles. The monoisotopic (exact) mass is 357 g/mol. The summed E-state index contributed by atoms with van der Waals surface area (Å²) in [4.78, 5) is 39.8. The van der Waals surface area contributed by atoms with Gasteiger partial charge in [-0.25, -0.2) is 9.55 Å². The average Bonchev–Trinajstić information content (AvgIpc) is 2.98. The van der Waals surface area contributed by atoms with E-state index in [0.717, 1.165) is 0 Å². The van der Waals surface area contributed by atoms with Crippen LogP contribution < -0.4 is 11.3 Å². The second kappa shape index (κ2) is 5.80. The summed E-state index contributed by atoms with van der Waals surface area (Å²) in [5, 5.41) is 10.2. The van der Waals surface area contributed by atoms with Crippen molar-refractivity contribution >= 4 is 24.9 Å². The van der Waals surface area contributed by atoms with Crippen molar-refractivity contribution in [3.63, 3.8) is 0 Å². The Kier molecular flexibility index (Phi) is 4.06.